The average molecular weight is 353 g/mol. The summed E-state index contributed by atoms with van der Waals surface area (Å²) >= 11 is 0. The second-order valence-corrected chi connectivity index (χ2v) is 5.98. The van der Waals surface area contributed by atoms with Crippen LogP contribution >= 0.6 is 0 Å². The maximum absolute atomic E-state index is 13.8. The van der Waals surface area contributed by atoms with Crippen LogP contribution in [0.2, 0.25) is 0 Å². The molecule has 0 amide bonds. The Morgan fingerprint density at radius 3 is 2.81 bits per heavy atom. The summed E-state index contributed by atoms with van der Waals surface area (Å²) in [6.45, 7) is 0. The summed E-state index contributed by atoms with van der Waals surface area (Å²) in [6.07, 6.45) is 7.65. The minimum Gasteiger partial charge on any atom is -0.507 e. The third-order valence-corrected chi connectivity index (χ3v) is 4.37. The Bertz CT molecular complexity index is 927. The van der Waals surface area contributed by atoms with Crippen molar-refractivity contribution in [2.75, 3.05) is 11.9 Å². The van der Waals surface area contributed by atoms with Crippen molar-refractivity contribution in [2.45, 2.75) is 18.6 Å². The predicted octanol–water partition coefficient (Wildman–Crippen LogP) is 1.93. The lowest BCUT2D eigenvalue weighted by molar-refractivity contribution is 0.347. The van der Waals surface area contributed by atoms with Gasteiger partial charge in [-0.1, -0.05) is 17.4 Å². The third kappa shape index (κ3) is 2.87. The van der Waals surface area contributed by atoms with E-state index in [-0.39, 0.29) is 11.8 Å². The SMILES string of the molecule is CN(c1ncc(-c2ccc(-n3ccnn3)cc2O)nn1)[C@H]1CC=C[C@@H]1F. The van der Waals surface area contributed by atoms with E-state index >= 15 is 0 Å². The molecular weight excluding hydrogens is 337 g/mol. The molecule has 9 heteroatoms. The zero-order valence-corrected chi connectivity index (χ0v) is 13.9. The Kier molecular flexibility index (Phi) is 4.04. The molecule has 1 N–H and O–H groups in total. The first-order valence-electron chi connectivity index (χ1n) is 8.07. The highest BCUT2D eigenvalue weighted by Crippen LogP contribution is 2.29. The molecule has 0 aliphatic heterocycles. The van der Waals surface area contributed by atoms with Crippen LogP contribution in [0.15, 0.2) is 48.9 Å². The van der Waals surface area contributed by atoms with Gasteiger partial charge in [0.25, 0.3) is 0 Å². The van der Waals surface area contributed by atoms with Crippen molar-refractivity contribution < 1.29 is 9.50 Å². The lowest BCUT2D eigenvalue weighted by Gasteiger charge is -2.25. The van der Waals surface area contributed by atoms with Crippen LogP contribution in [-0.2, 0) is 0 Å². The normalized spacial score (nSPS) is 19.0. The van der Waals surface area contributed by atoms with Crippen LogP contribution in [0.5, 0.6) is 5.75 Å². The summed E-state index contributed by atoms with van der Waals surface area (Å²) in [4.78, 5) is 5.94. The van der Waals surface area contributed by atoms with Gasteiger partial charge >= 0.3 is 0 Å². The van der Waals surface area contributed by atoms with Crippen LogP contribution in [0, 0.1) is 0 Å². The molecule has 0 saturated heterocycles. The van der Waals surface area contributed by atoms with E-state index in [9.17, 15) is 9.50 Å². The van der Waals surface area contributed by atoms with E-state index in [1.165, 1.54) is 17.0 Å². The molecule has 1 aliphatic rings. The number of rotatable bonds is 4. The van der Waals surface area contributed by atoms with E-state index in [0.717, 1.165) is 0 Å². The third-order valence-electron chi connectivity index (χ3n) is 4.37. The summed E-state index contributed by atoms with van der Waals surface area (Å²) < 4.78 is 15.4. The minimum atomic E-state index is -1.04. The molecule has 0 spiro atoms. The Labute approximate surface area is 148 Å². The summed E-state index contributed by atoms with van der Waals surface area (Å²) in [5, 5.41) is 26.1. The Balaban J connectivity index is 1.57. The van der Waals surface area contributed by atoms with Crippen LogP contribution in [0.3, 0.4) is 0 Å². The van der Waals surface area contributed by atoms with Gasteiger partial charge in [0.1, 0.15) is 17.6 Å². The Morgan fingerprint density at radius 1 is 1.31 bits per heavy atom. The van der Waals surface area contributed by atoms with E-state index < -0.39 is 6.17 Å². The summed E-state index contributed by atoms with van der Waals surface area (Å²) in [7, 11) is 1.74. The summed E-state index contributed by atoms with van der Waals surface area (Å²) in [5.74, 6) is 0.364. The average Bonchev–Trinajstić information content (AvgIpc) is 3.33. The first-order valence-corrected chi connectivity index (χ1v) is 8.07. The largest absolute Gasteiger partial charge is 0.507 e. The van der Waals surface area contributed by atoms with Gasteiger partial charge in [0, 0.05) is 18.7 Å². The molecule has 4 rings (SSSR count). The molecule has 3 aromatic rings. The van der Waals surface area contributed by atoms with Gasteiger partial charge in [-0.05, 0) is 18.6 Å². The van der Waals surface area contributed by atoms with E-state index in [1.54, 1.807) is 42.5 Å². The van der Waals surface area contributed by atoms with E-state index in [1.807, 2.05) is 6.08 Å². The maximum Gasteiger partial charge on any atom is 0.245 e. The Morgan fingerprint density at radius 2 is 2.19 bits per heavy atom. The van der Waals surface area contributed by atoms with Crippen LogP contribution in [0.4, 0.5) is 10.3 Å². The fourth-order valence-electron chi connectivity index (χ4n) is 2.91. The van der Waals surface area contributed by atoms with Gasteiger partial charge < -0.3 is 10.0 Å². The monoisotopic (exact) mass is 353 g/mol. The van der Waals surface area contributed by atoms with Crippen molar-refractivity contribution in [1.82, 2.24) is 30.2 Å². The molecule has 1 aromatic carbocycles. The highest BCUT2D eigenvalue weighted by atomic mass is 19.1. The van der Waals surface area contributed by atoms with Crippen molar-refractivity contribution in [2.24, 2.45) is 0 Å². The second-order valence-electron chi connectivity index (χ2n) is 5.98. The number of anilines is 1. The molecule has 0 radical (unpaired) electrons. The molecule has 0 unspecified atom stereocenters. The van der Waals surface area contributed by atoms with Crippen LogP contribution in [-0.4, -0.2) is 54.5 Å². The number of aromatic nitrogens is 6. The zero-order valence-electron chi connectivity index (χ0n) is 13.9. The molecule has 0 bridgehead atoms. The number of alkyl halides is 1. The van der Waals surface area contributed by atoms with E-state index in [0.29, 0.717) is 29.3 Å². The summed E-state index contributed by atoms with van der Waals surface area (Å²) in [5.41, 5.74) is 1.59. The van der Waals surface area contributed by atoms with E-state index in [4.69, 9.17) is 0 Å². The van der Waals surface area contributed by atoms with Gasteiger partial charge in [-0.2, -0.15) is 0 Å². The highest BCUT2D eigenvalue weighted by Gasteiger charge is 2.28. The van der Waals surface area contributed by atoms with Crippen molar-refractivity contribution >= 4 is 5.95 Å². The first-order chi connectivity index (χ1) is 12.6. The number of phenols is 1. The number of halogens is 1. The molecule has 0 saturated carbocycles. The van der Waals surface area contributed by atoms with Gasteiger partial charge in [-0.15, -0.1) is 15.3 Å². The predicted molar refractivity (Wildman–Crippen MR) is 92.7 cm³/mol. The molecule has 0 fully saturated rings. The van der Waals surface area contributed by atoms with Gasteiger partial charge in [0.15, 0.2) is 0 Å². The molecule has 26 heavy (non-hydrogen) atoms. The number of hydrogen-bond donors (Lipinski definition) is 1. The van der Waals surface area contributed by atoms with Crippen LogP contribution in [0.25, 0.3) is 16.9 Å². The minimum absolute atomic E-state index is 0.0269. The number of hydrogen-bond acceptors (Lipinski definition) is 7. The standard InChI is InChI=1S/C17H16FN7O/c1-24(15-4-2-3-13(15)18)17-19-10-14(21-22-17)12-6-5-11(9-16(12)26)25-8-7-20-23-25/h2-3,5-10,13,15,26H,4H2,1H3/t13-,15-/m0/s1. The van der Waals surface area contributed by atoms with Crippen LogP contribution in [0.1, 0.15) is 6.42 Å². The molecule has 2 heterocycles. The Hall–Kier alpha value is -3.36. The zero-order chi connectivity index (χ0) is 18.1. The molecule has 2 atom stereocenters. The van der Waals surface area contributed by atoms with Crippen LogP contribution < -0.4 is 4.90 Å². The van der Waals surface area contributed by atoms with Crippen molar-refractivity contribution in [3.63, 3.8) is 0 Å². The van der Waals surface area contributed by atoms with Gasteiger partial charge in [0.05, 0.1) is 30.3 Å². The lowest BCUT2D eigenvalue weighted by Crippen LogP contribution is -2.37. The fourth-order valence-corrected chi connectivity index (χ4v) is 2.91. The molecule has 1 aliphatic carbocycles. The number of phenolic OH excluding ortho intramolecular Hbond substituents is 1. The molecular formula is C17H16FN7O. The quantitative estimate of drug-likeness (QED) is 0.716. The highest BCUT2D eigenvalue weighted by molar-refractivity contribution is 5.68. The van der Waals surface area contributed by atoms with Gasteiger partial charge in [-0.3, -0.25) is 0 Å². The van der Waals surface area contributed by atoms with Gasteiger partial charge in [0.2, 0.25) is 5.95 Å². The summed E-state index contributed by atoms with van der Waals surface area (Å²) in [6, 6.07) is 4.73. The molecule has 2 aromatic heterocycles. The van der Waals surface area contributed by atoms with Crippen molar-refractivity contribution in [3.05, 3.63) is 48.9 Å². The maximum atomic E-state index is 13.8. The van der Waals surface area contributed by atoms with E-state index in [2.05, 4.69) is 25.5 Å². The number of nitrogens with zero attached hydrogens (tertiary/aromatic N) is 7. The fraction of sp³-hybridized carbons (Fsp3) is 0.235. The topological polar surface area (TPSA) is 92.9 Å². The molecule has 8 nitrogen and oxygen atoms in total. The lowest BCUT2D eigenvalue weighted by atomic mass is 10.1. The van der Waals surface area contributed by atoms with Gasteiger partial charge in [-0.25, -0.2) is 14.1 Å². The second kappa shape index (κ2) is 6.51. The molecule has 132 valence electrons. The van der Waals surface area contributed by atoms with Crippen molar-refractivity contribution in [1.29, 1.82) is 0 Å². The first kappa shape index (κ1) is 16.1. The number of aromatic hydroxyl groups is 1. The van der Waals surface area contributed by atoms with Crippen molar-refractivity contribution in [3.8, 4) is 22.7 Å². The smallest absolute Gasteiger partial charge is 0.245 e. The number of benzene rings is 1.